The minimum absolute atomic E-state index is 0.0626. The molecule has 2 nitrogen and oxygen atoms in total. The molecule has 0 saturated heterocycles. The molecule has 1 N–H and O–H groups in total. The fraction of sp³-hybridized carbons (Fsp3) is 0.200. The second-order valence-corrected chi connectivity index (χ2v) is 4.27. The van der Waals surface area contributed by atoms with Crippen molar-refractivity contribution in [2.24, 2.45) is 0 Å². The lowest BCUT2D eigenvalue weighted by atomic mass is 10.1. The summed E-state index contributed by atoms with van der Waals surface area (Å²) in [6.07, 6.45) is -0.602. The van der Waals surface area contributed by atoms with Crippen LogP contribution in [0, 0.1) is 11.6 Å². The van der Waals surface area contributed by atoms with E-state index in [4.69, 9.17) is 4.74 Å². The standard InChI is InChI=1S/C15H14F2O2/c1-10(18)11-3-2-4-14(8-11)19-9-12-7-13(16)5-6-15(12)17/h2-8,10,18H,9H2,1H3/t10-/m0/s1. The third-order valence-electron chi connectivity index (χ3n) is 2.74. The van der Waals surface area contributed by atoms with E-state index in [0.717, 1.165) is 18.2 Å². The molecule has 4 heteroatoms. The van der Waals surface area contributed by atoms with Crippen LogP contribution in [0.3, 0.4) is 0 Å². The van der Waals surface area contributed by atoms with Gasteiger partial charge in [0.05, 0.1) is 6.10 Å². The third-order valence-corrected chi connectivity index (χ3v) is 2.74. The number of halogens is 2. The fourth-order valence-corrected chi connectivity index (χ4v) is 1.68. The Morgan fingerprint density at radius 2 is 1.95 bits per heavy atom. The maximum Gasteiger partial charge on any atom is 0.130 e. The molecule has 0 fully saturated rings. The lowest BCUT2D eigenvalue weighted by molar-refractivity contribution is 0.198. The Hall–Kier alpha value is -1.94. The molecule has 0 aliphatic rings. The second kappa shape index (κ2) is 5.80. The average Bonchev–Trinajstić information content (AvgIpc) is 2.40. The van der Waals surface area contributed by atoms with Gasteiger partial charge in [-0.15, -0.1) is 0 Å². The number of hydrogen-bond acceptors (Lipinski definition) is 2. The first kappa shape index (κ1) is 13.5. The predicted octanol–water partition coefficient (Wildman–Crippen LogP) is 3.60. The molecule has 0 aliphatic carbocycles. The Labute approximate surface area is 110 Å². The van der Waals surface area contributed by atoms with Crippen LogP contribution in [0.15, 0.2) is 42.5 Å². The van der Waals surface area contributed by atoms with E-state index in [1.807, 2.05) is 0 Å². The first-order valence-electron chi connectivity index (χ1n) is 5.91. The molecule has 19 heavy (non-hydrogen) atoms. The minimum atomic E-state index is -0.602. The van der Waals surface area contributed by atoms with Gasteiger partial charge in [-0.1, -0.05) is 12.1 Å². The molecule has 0 unspecified atom stereocenters. The van der Waals surface area contributed by atoms with E-state index in [1.54, 1.807) is 31.2 Å². The van der Waals surface area contributed by atoms with Gasteiger partial charge in [0, 0.05) is 5.56 Å². The molecule has 2 rings (SSSR count). The zero-order valence-corrected chi connectivity index (χ0v) is 10.4. The van der Waals surface area contributed by atoms with E-state index < -0.39 is 17.7 Å². The SMILES string of the molecule is C[C@H](O)c1cccc(OCc2cc(F)ccc2F)c1. The van der Waals surface area contributed by atoms with Gasteiger partial charge in [-0.25, -0.2) is 8.78 Å². The van der Waals surface area contributed by atoms with E-state index in [1.165, 1.54) is 0 Å². The molecule has 0 spiro atoms. The van der Waals surface area contributed by atoms with Crippen molar-refractivity contribution in [2.75, 3.05) is 0 Å². The molecule has 0 amide bonds. The summed E-state index contributed by atoms with van der Waals surface area (Å²) in [7, 11) is 0. The van der Waals surface area contributed by atoms with Gasteiger partial charge in [-0.05, 0) is 42.8 Å². The van der Waals surface area contributed by atoms with Crippen molar-refractivity contribution >= 4 is 0 Å². The topological polar surface area (TPSA) is 29.5 Å². The summed E-state index contributed by atoms with van der Waals surface area (Å²) in [4.78, 5) is 0. The zero-order chi connectivity index (χ0) is 13.8. The van der Waals surface area contributed by atoms with Gasteiger partial charge < -0.3 is 9.84 Å². The molecule has 0 heterocycles. The largest absolute Gasteiger partial charge is 0.489 e. The highest BCUT2D eigenvalue weighted by Gasteiger charge is 2.06. The van der Waals surface area contributed by atoms with Gasteiger partial charge in [0.1, 0.15) is 24.0 Å². The van der Waals surface area contributed by atoms with Crippen molar-refractivity contribution in [3.05, 3.63) is 65.2 Å². The Balaban J connectivity index is 2.10. The van der Waals surface area contributed by atoms with Crippen molar-refractivity contribution < 1.29 is 18.6 Å². The maximum absolute atomic E-state index is 13.4. The van der Waals surface area contributed by atoms with E-state index in [9.17, 15) is 13.9 Å². The quantitative estimate of drug-likeness (QED) is 0.914. The number of benzene rings is 2. The number of hydrogen-bond donors (Lipinski definition) is 1. The number of aliphatic hydroxyl groups is 1. The summed E-state index contributed by atoms with van der Waals surface area (Å²) in [6.45, 7) is 1.58. The van der Waals surface area contributed by atoms with Crippen molar-refractivity contribution in [1.29, 1.82) is 0 Å². The normalized spacial score (nSPS) is 12.2. The Morgan fingerprint density at radius 3 is 2.68 bits per heavy atom. The summed E-state index contributed by atoms with van der Waals surface area (Å²) < 4.78 is 31.8. The van der Waals surface area contributed by atoms with Gasteiger partial charge in [-0.3, -0.25) is 0 Å². The summed E-state index contributed by atoms with van der Waals surface area (Å²) in [5.74, 6) is -0.507. The van der Waals surface area contributed by atoms with Crippen LogP contribution < -0.4 is 4.74 Å². The Morgan fingerprint density at radius 1 is 1.16 bits per heavy atom. The molecule has 0 aliphatic heterocycles. The average molecular weight is 264 g/mol. The molecule has 100 valence electrons. The highest BCUT2D eigenvalue weighted by atomic mass is 19.1. The lowest BCUT2D eigenvalue weighted by Gasteiger charge is -2.10. The van der Waals surface area contributed by atoms with Gasteiger partial charge in [0.15, 0.2) is 0 Å². The molecule has 1 atom stereocenters. The van der Waals surface area contributed by atoms with E-state index in [2.05, 4.69) is 0 Å². The highest BCUT2D eigenvalue weighted by molar-refractivity contribution is 5.30. The lowest BCUT2D eigenvalue weighted by Crippen LogP contribution is -2.00. The first-order chi connectivity index (χ1) is 9.06. The van der Waals surface area contributed by atoms with Crippen LogP contribution >= 0.6 is 0 Å². The Bertz CT molecular complexity index is 568. The van der Waals surface area contributed by atoms with Crippen LogP contribution in [0.2, 0.25) is 0 Å². The molecule has 0 saturated carbocycles. The fourth-order valence-electron chi connectivity index (χ4n) is 1.68. The molecule has 0 radical (unpaired) electrons. The summed E-state index contributed by atoms with van der Waals surface area (Å²) >= 11 is 0. The first-order valence-corrected chi connectivity index (χ1v) is 5.91. The third kappa shape index (κ3) is 3.51. The Kier molecular flexibility index (Phi) is 4.12. The zero-order valence-electron chi connectivity index (χ0n) is 10.4. The molecule has 2 aromatic rings. The molecule has 0 bridgehead atoms. The van der Waals surface area contributed by atoms with Crippen LogP contribution in [0.4, 0.5) is 8.78 Å². The van der Waals surface area contributed by atoms with Crippen LogP contribution in [-0.2, 0) is 6.61 Å². The van der Waals surface area contributed by atoms with Crippen molar-refractivity contribution in [3.8, 4) is 5.75 Å². The number of rotatable bonds is 4. The van der Waals surface area contributed by atoms with Gasteiger partial charge in [0.25, 0.3) is 0 Å². The monoisotopic (exact) mass is 264 g/mol. The second-order valence-electron chi connectivity index (χ2n) is 4.27. The summed E-state index contributed by atoms with van der Waals surface area (Å²) in [5, 5.41) is 9.45. The summed E-state index contributed by atoms with van der Waals surface area (Å²) in [6, 6.07) is 10.1. The van der Waals surface area contributed by atoms with Crippen molar-refractivity contribution in [2.45, 2.75) is 19.6 Å². The maximum atomic E-state index is 13.4. The van der Waals surface area contributed by atoms with Crippen LogP contribution in [0.5, 0.6) is 5.75 Å². The smallest absolute Gasteiger partial charge is 0.130 e. The van der Waals surface area contributed by atoms with Crippen molar-refractivity contribution in [3.63, 3.8) is 0 Å². The van der Waals surface area contributed by atoms with Crippen LogP contribution in [0.1, 0.15) is 24.2 Å². The molecule has 0 aromatic heterocycles. The van der Waals surface area contributed by atoms with Gasteiger partial charge >= 0.3 is 0 Å². The molecule has 2 aromatic carbocycles. The number of aliphatic hydroxyl groups excluding tert-OH is 1. The summed E-state index contributed by atoms with van der Waals surface area (Å²) in [5.41, 5.74) is 0.861. The highest BCUT2D eigenvalue weighted by Crippen LogP contribution is 2.20. The molecular formula is C15H14F2O2. The minimum Gasteiger partial charge on any atom is -0.489 e. The van der Waals surface area contributed by atoms with Crippen LogP contribution in [-0.4, -0.2) is 5.11 Å². The van der Waals surface area contributed by atoms with E-state index >= 15 is 0 Å². The number of ether oxygens (including phenoxy) is 1. The van der Waals surface area contributed by atoms with Crippen molar-refractivity contribution in [1.82, 2.24) is 0 Å². The molecular weight excluding hydrogens is 250 g/mol. The van der Waals surface area contributed by atoms with Gasteiger partial charge in [0.2, 0.25) is 0 Å². The van der Waals surface area contributed by atoms with Crippen LogP contribution in [0.25, 0.3) is 0 Å². The van der Waals surface area contributed by atoms with Gasteiger partial charge in [-0.2, -0.15) is 0 Å². The predicted molar refractivity (Wildman–Crippen MR) is 67.8 cm³/mol. The van der Waals surface area contributed by atoms with E-state index in [0.29, 0.717) is 11.3 Å². The van der Waals surface area contributed by atoms with E-state index in [-0.39, 0.29) is 12.2 Å².